The number of ether oxygens (including phenoxy) is 3. The Hall–Kier alpha value is -3.12. The number of nitrogens with zero attached hydrogens (tertiary/aromatic N) is 1. The fraction of sp³-hybridized carbons (Fsp3) is 0.333. The first-order valence-electron chi connectivity index (χ1n) is 9.86. The van der Waals surface area contributed by atoms with Crippen LogP contribution in [0.4, 0.5) is 0 Å². The summed E-state index contributed by atoms with van der Waals surface area (Å²) < 4.78 is 17.7. The third-order valence-electron chi connectivity index (χ3n) is 4.50. The van der Waals surface area contributed by atoms with Gasteiger partial charge in [0.25, 0.3) is 0 Å². The zero-order valence-electron chi connectivity index (χ0n) is 17.8. The van der Waals surface area contributed by atoms with Crippen molar-refractivity contribution in [1.29, 1.82) is 0 Å². The fourth-order valence-corrected chi connectivity index (χ4v) is 3.25. The largest absolute Gasteiger partial charge is 0.465 e. The number of esters is 2. The third-order valence-corrected chi connectivity index (χ3v) is 4.50. The predicted molar refractivity (Wildman–Crippen MR) is 115 cm³/mol. The Morgan fingerprint density at radius 2 is 1.77 bits per heavy atom. The number of hydrogen-bond acceptors (Lipinski definition) is 5. The Kier molecular flexibility index (Phi) is 6.57. The second-order valence-electron chi connectivity index (χ2n) is 7.97. The van der Waals surface area contributed by atoms with Gasteiger partial charge in [0.15, 0.2) is 0 Å². The fourth-order valence-electron chi connectivity index (χ4n) is 3.25. The molecule has 0 saturated carbocycles. The summed E-state index contributed by atoms with van der Waals surface area (Å²) in [7, 11) is 1.37. The van der Waals surface area contributed by atoms with Gasteiger partial charge < -0.3 is 18.8 Å². The molecule has 0 aliphatic heterocycles. The van der Waals surface area contributed by atoms with E-state index in [2.05, 4.69) is 4.57 Å². The molecule has 2 aromatic carbocycles. The van der Waals surface area contributed by atoms with Gasteiger partial charge in [-0.2, -0.15) is 0 Å². The molecule has 0 unspecified atom stereocenters. The second kappa shape index (κ2) is 9.13. The minimum absolute atomic E-state index is 0.0952. The molecule has 0 fully saturated rings. The van der Waals surface area contributed by atoms with Crippen molar-refractivity contribution in [2.45, 2.75) is 32.8 Å². The quantitative estimate of drug-likeness (QED) is 0.430. The van der Waals surface area contributed by atoms with Gasteiger partial charge in [-0.25, -0.2) is 9.59 Å². The molecule has 158 valence electrons. The van der Waals surface area contributed by atoms with E-state index in [1.807, 2.05) is 69.4 Å². The van der Waals surface area contributed by atoms with Crippen LogP contribution >= 0.6 is 0 Å². The van der Waals surface area contributed by atoms with Gasteiger partial charge in [-0.3, -0.25) is 0 Å². The summed E-state index contributed by atoms with van der Waals surface area (Å²) in [5.74, 6) is -0.765. The lowest BCUT2D eigenvalue weighted by Crippen LogP contribution is -2.26. The van der Waals surface area contributed by atoms with Crippen molar-refractivity contribution in [3.63, 3.8) is 0 Å². The van der Waals surface area contributed by atoms with Crippen molar-refractivity contribution in [1.82, 2.24) is 4.57 Å². The van der Waals surface area contributed by atoms with Crippen LogP contribution in [0.25, 0.3) is 16.6 Å². The zero-order valence-corrected chi connectivity index (χ0v) is 17.8. The number of aromatic nitrogens is 1. The van der Waals surface area contributed by atoms with E-state index in [9.17, 15) is 9.59 Å². The summed E-state index contributed by atoms with van der Waals surface area (Å²) in [6.07, 6.45) is 2.63. The minimum atomic E-state index is -0.534. The first kappa shape index (κ1) is 21.6. The highest BCUT2D eigenvalue weighted by atomic mass is 16.6. The highest BCUT2D eigenvalue weighted by Crippen LogP contribution is 2.27. The molecule has 3 aromatic rings. The molecule has 0 amide bonds. The zero-order chi connectivity index (χ0) is 21.7. The van der Waals surface area contributed by atoms with Gasteiger partial charge in [0.05, 0.1) is 24.8 Å². The van der Waals surface area contributed by atoms with Crippen LogP contribution in [0.3, 0.4) is 0 Å². The van der Waals surface area contributed by atoms with Crippen LogP contribution in [0.2, 0.25) is 0 Å². The number of hydrogen-bond donors (Lipinski definition) is 0. The summed E-state index contributed by atoms with van der Waals surface area (Å²) in [5, 5.41) is 0.947. The molecule has 6 nitrogen and oxygen atoms in total. The SMILES string of the molecule is COC(=O)c1ccc2c(c1)c(CCOCC(=O)OC(C)(C)C)cn2-c1ccccc1. The van der Waals surface area contributed by atoms with Crippen molar-refractivity contribution < 1.29 is 23.8 Å². The molecule has 6 heteroatoms. The molecule has 0 bridgehead atoms. The van der Waals surface area contributed by atoms with Gasteiger partial charge >= 0.3 is 11.9 Å². The van der Waals surface area contributed by atoms with E-state index < -0.39 is 5.60 Å². The molecule has 3 rings (SSSR count). The second-order valence-corrected chi connectivity index (χ2v) is 7.97. The maximum Gasteiger partial charge on any atom is 0.337 e. The standard InChI is InChI=1S/C24H27NO5/c1-24(2,3)30-22(26)16-29-13-12-18-15-25(19-8-6-5-7-9-19)21-11-10-17(14-20(18)21)23(27)28-4/h5-11,14-15H,12-13,16H2,1-4H3. The van der Waals surface area contributed by atoms with Crippen LogP contribution in [-0.2, 0) is 25.4 Å². The summed E-state index contributed by atoms with van der Waals surface area (Å²) in [5.41, 5.74) is 2.98. The molecular formula is C24H27NO5. The lowest BCUT2D eigenvalue weighted by atomic mass is 10.1. The Balaban J connectivity index is 1.82. The lowest BCUT2D eigenvalue weighted by molar-refractivity contribution is -0.160. The van der Waals surface area contributed by atoms with Crippen LogP contribution in [0.5, 0.6) is 0 Å². The van der Waals surface area contributed by atoms with Gasteiger partial charge in [-0.15, -0.1) is 0 Å². The first-order valence-corrected chi connectivity index (χ1v) is 9.86. The number of fused-ring (bicyclic) bond motifs is 1. The Morgan fingerprint density at radius 1 is 1.03 bits per heavy atom. The van der Waals surface area contributed by atoms with Crippen LogP contribution in [0.1, 0.15) is 36.7 Å². The Bertz CT molecular complexity index is 1030. The van der Waals surface area contributed by atoms with Crippen molar-refractivity contribution in [3.8, 4) is 5.69 Å². The van der Waals surface area contributed by atoms with Crippen LogP contribution in [0, 0.1) is 0 Å². The summed E-state index contributed by atoms with van der Waals surface area (Å²) >= 11 is 0. The van der Waals surface area contributed by atoms with Gasteiger partial charge in [-0.05, 0) is 63.1 Å². The number of carbonyl (C=O) groups is 2. The smallest absolute Gasteiger partial charge is 0.337 e. The number of rotatable bonds is 7. The molecular weight excluding hydrogens is 382 g/mol. The number of methoxy groups -OCH3 is 1. The molecule has 0 radical (unpaired) electrons. The molecule has 0 aliphatic rings. The van der Waals surface area contributed by atoms with E-state index in [0.29, 0.717) is 18.6 Å². The lowest BCUT2D eigenvalue weighted by Gasteiger charge is -2.19. The van der Waals surface area contributed by atoms with E-state index in [4.69, 9.17) is 14.2 Å². The van der Waals surface area contributed by atoms with E-state index in [1.165, 1.54) is 7.11 Å². The number of benzene rings is 2. The summed E-state index contributed by atoms with van der Waals surface area (Å²) in [4.78, 5) is 23.8. The number of para-hydroxylation sites is 1. The normalized spacial score (nSPS) is 11.5. The minimum Gasteiger partial charge on any atom is -0.465 e. The van der Waals surface area contributed by atoms with Crippen LogP contribution in [0.15, 0.2) is 54.7 Å². The summed E-state index contributed by atoms with van der Waals surface area (Å²) in [6.45, 7) is 5.73. The Labute approximate surface area is 176 Å². The van der Waals surface area contributed by atoms with E-state index in [0.717, 1.165) is 22.2 Å². The van der Waals surface area contributed by atoms with Crippen molar-refractivity contribution >= 4 is 22.8 Å². The van der Waals surface area contributed by atoms with Gasteiger partial charge in [-0.1, -0.05) is 18.2 Å². The average Bonchev–Trinajstić information content (AvgIpc) is 3.08. The maximum absolute atomic E-state index is 12.0. The highest BCUT2D eigenvalue weighted by molar-refractivity contribution is 5.96. The van der Waals surface area contributed by atoms with Crippen molar-refractivity contribution in [3.05, 3.63) is 65.9 Å². The molecule has 30 heavy (non-hydrogen) atoms. The topological polar surface area (TPSA) is 66.8 Å². The molecule has 0 saturated heterocycles. The first-order chi connectivity index (χ1) is 14.3. The van der Waals surface area contributed by atoms with E-state index >= 15 is 0 Å². The molecule has 1 heterocycles. The molecule has 1 aromatic heterocycles. The summed E-state index contributed by atoms with van der Waals surface area (Å²) in [6, 6.07) is 15.5. The number of carbonyl (C=O) groups excluding carboxylic acids is 2. The van der Waals surface area contributed by atoms with E-state index in [-0.39, 0.29) is 18.5 Å². The molecule has 0 atom stereocenters. The van der Waals surface area contributed by atoms with Crippen LogP contribution < -0.4 is 0 Å². The molecule has 0 spiro atoms. The highest BCUT2D eigenvalue weighted by Gasteiger charge is 2.17. The van der Waals surface area contributed by atoms with Crippen molar-refractivity contribution in [2.75, 3.05) is 20.3 Å². The van der Waals surface area contributed by atoms with E-state index in [1.54, 1.807) is 6.07 Å². The van der Waals surface area contributed by atoms with Gasteiger partial charge in [0, 0.05) is 17.3 Å². The van der Waals surface area contributed by atoms with Crippen molar-refractivity contribution in [2.24, 2.45) is 0 Å². The molecule has 0 N–H and O–H groups in total. The maximum atomic E-state index is 12.0. The Morgan fingerprint density at radius 3 is 2.43 bits per heavy atom. The third kappa shape index (κ3) is 5.27. The molecule has 0 aliphatic carbocycles. The van der Waals surface area contributed by atoms with Crippen LogP contribution in [-0.4, -0.2) is 42.4 Å². The average molecular weight is 409 g/mol. The van der Waals surface area contributed by atoms with Gasteiger partial charge in [0.2, 0.25) is 0 Å². The monoisotopic (exact) mass is 409 g/mol. The predicted octanol–water partition coefficient (Wildman–Crippen LogP) is 4.32. The van der Waals surface area contributed by atoms with Gasteiger partial charge in [0.1, 0.15) is 12.2 Å².